The third kappa shape index (κ3) is 3.17. The van der Waals surface area contributed by atoms with Crippen LogP contribution in [0.2, 0.25) is 5.02 Å². The summed E-state index contributed by atoms with van der Waals surface area (Å²) in [6, 6.07) is 5.44. The van der Waals surface area contributed by atoms with E-state index in [1.165, 1.54) is 18.2 Å². The zero-order chi connectivity index (χ0) is 18.2. The minimum absolute atomic E-state index is 0.164. The van der Waals surface area contributed by atoms with Crippen LogP contribution in [-0.2, 0) is 10.0 Å². The molecule has 0 amide bonds. The molecule has 0 fully saturated rings. The van der Waals surface area contributed by atoms with Crippen LogP contribution in [0.5, 0.6) is 0 Å². The van der Waals surface area contributed by atoms with Crippen molar-refractivity contribution >= 4 is 39.0 Å². The third-order valence-corrected chi connectivity index (χ3v) is 4.34. The first-order valence-electron chi connectivity index (χ1n) is 6.21. The largest absolute Gasteiger partial charge is 0.478 e. The lowest BCUT2D eigenvalue weighted by molar-refractivity contribution is 0.0696. The van der Waals surface area contributed by atoms with Gasteiger partial charge in [0.2, 0.25) is 10.0 Å². The molecule has 0 radical (unpaired) electrons. The number of hydrogen-bond donors (Lipinski definition) is 1. The van der Waals surface area contributed by atoms with Gasteiger partial charge in [-0.15, -0.1) is 0 Å². The Morgan fingerprint density at radius 1 is 1.17 bits per heavy atom. The smallest absolute Gasteiger partial charge is 0.338 e. The second kappa shape index (κ2) is 6.33. The highest BCUT2D eigenvalue weighted by molar-refractivity contribution is 7.92. The zero-order valence-corrected chi connectivity index (χ0v) is 13.5. The van der Waals surface area contributed by atoms with Crippen LogP contribution in [0.3, 0.4) is 0 Å². The number of carbonyl (C=O) groups is 1. The Balaban J connectivity index is 2.95. The molecule has 128 valence electrons. The quantitative estimate of drug-likeness (QED) is 0.824. The van der Waals surface area contributed by atoms with Gasteiger partial charge in [0.05, 0.1) is 22.5 Å². The van der Waals surface area contributed by atoms with Crippen LogP contribution in [0, 0.1) is 17.5 Å². The number of rotatable bonds is 4. The van der Waals surface area contributed by atoms with Crippen LogP contribution < -0.4 is 4.31 Å². The molecule has 0 heterocycles. The molecular formula is C14H9ClF3NO4S. The first kappa shape index (κ1) is 18.1. The van der Waals surface area contributed by atoms with Crippen LogP contribution in [0.1, 0.15) is 10.4 Å². The van der Waals surface area contributed by atoms with E-state index in [0.29, 0.717) is 6.26 Å². The molecule has 0 saturated heterocycles. The summed E-state index contributed by atoms with van der Waals surface area (Å²) >= 11 is 5.89. The van der Waals surface area contributed by atoms with E-state index in [9.17, 15) is 26.4 Å². The van der Waals surface area contributed by atoms with Gasteiger partial charge in [-0.2, -0.15) is 0 Å². The SMILES string of the molecule is CS(=O)(=O)N(c1ccccc1Cl)c1c(C(=O)O)cc(F)c(F)c1F. The third-order valence-electron chi connectivity index (χ3n) is 2.97. The average molecular weight is 380 g/mol. The maximum absolute atomic E-state index is 14.3. The van der Waals surface area contributed by atoms with Gasteiger partial charge in [-0.1, -0.05) is 23.7 Å². The maximum Gasteiger partial charge on any atom is 0.338 e. The number of sulfonamides is 1. The predicted molar refractivity (Wildman–Crippen MR) is 81.7 cm³/mol. The van der Waals surface area contributed by atoms with Crippen LogP contribution in [0.4, 0.5) is 24.5 Å². The van der Waals surface area contributed by atoms with Gasteiger partial charge in [-0.05, 0) is 18.2 Å². The van der Waals surface area contributed by atoms with E-state index in [2.05, 4.69) is 0 Å². The first-order chi connectivity index (χ1) is 11.1. The number of benzene rings is 2. The number of carboxylic acid groups (broad SMARTS) is 1. The Bertz CT molecular complexity index is 934. The van der Waals surface area contributed by atoms with E-state index in [4.69, 9.17) is 16.7 Å². The fraction of sp³-hybridized carbons (Fsp3) is 0.0714. The van der Waals surface area contributed by atoms with Gasteiger partial charge < -0.3 is 5.11 Å². The fourth-order valence-electron chi connectivity index (χ4n) is 2.03. The summed E-state index contributed by atoms with van der Waals surface area (Å²) in [5, 5.41) is 8.96. The monoisotopic (exact) mass is 379 g/mol. The second-order valence-electron chi connectivity index (χ2n) is 4.67. The van der Waals surface area contributed by atoms with Crippen LogP contribution >= 0.6 is 11.6 Å². The molecule has 0 spiro atoms. The first-order valence-corrected chi connectivity index (χ1v) is 8.44. The lowest BCUT2D eigenvalue weighted by Gasteiger charge is -2.25. The molecule has 10 heteroatoms. The van der Waals surface area contributed by atoms with Crippen molar-refractivity contribution < 1.29 is 31.5 Å². The average Bonchev–Trinajstić information content (AvgIpc) is 2.47. The normalized spacial score (nSPS) is 11.4. The molecule has 2 aromatic rings. The Kier molecular flexibility index (Phi) is 4.77. The molecule has 2 aromatic carbocycles. The van der Waals surface area contributed by atoms with Crippen molar-refractivity contribution in [1.82, 2.24) is 0 Å². The molecule has 0 bridgehead atoms. The molecule has 1 N–H and O–H groups in total. The summed E-state index contributed by atoms with van der Waals surface area (Å²) in [4.78, 5) is 11.3. The topological polar surface area (TPSA) is 74.7 Å². The van der Waals surface area contributed by atoms with Crippen molar-refractivity contribution in [2.24, 2.45) is 0 Å². The second-order valence-corrected chi connectivity index (χ2v) is 6.90. The lowest BCUT2D eigenvalue weighted by atomic mass is 10.1. The fourth-order valence-corrected chi connectivity index (χ4v) is 3.33. The summed E-state index contributed by atoms with van der Waals surface area (Å²) in [5.74, 6) is -7.57. The van der Waals surface area contributed by atoms with E-state index in [1.54, 1.807) is 0 Å². The molecule has 0 aromatic heterocycles. The highest BCUT2D eigenvalue weighted by Gasteiger charge is 2.33. The van der Waals surface area contributed by atoms with E-state index < -0.39 is 44.7 Å². The molecule has 0 atom stereocenters. The van der Waals surface area contributed by atoms with Crippen molar-refractivity contribution in [1.29, 1.82) is 0 Å². The molecule has 0 aliphatic heterocycles. The van der Waals surface area contributed by atoms with Gasteiger partial charge in [0.25, 0.3) is 0 Å². The zero-order valence-electron chi connectivity index (χ0n) is 11.9. The van der Waals surface area contributed by atoms with Crippen LogP contribution in [0.25, 0.3) is 0 Å². The van der Waals surface area contributed by atoms with Crippen molar-refractivity contribution in [3.8, 4) is 0 Å². The minimum Gasteiger partial charge on any atom is -0.478 e. The maximum atomic E-state index is 14.3. The van der Waals surface area contributed by atoms with Crippen molar-refractivity contribution in [3.63, 3.8) is 0 Å². The van der Waals surface area contributed by atoms with E-state index >= 15 is 0 Å². The Morgan fingerprint density at radius 3 is 2.25 bits per heavy atom. The number of anilines is 2. The Labute approximate surface area is 139 Å². The van der Waals surface area contributed by atoms with E-state index in [1.807, 2.05) is 0 Å². The van der Waals surface area contributed by atoms with Gasteiger partial charge in [0, 0.05) is 0 Å². The molecule has 5 nitrogen and oxygen atoms in total. The van der Waals surface area contributed by atoms with E-state index in [-0.39, 0.29) is 21.1 Å². The Morgan fingerprint density at radius 2 is 1.75 bits per heavy atom. The molecule has 0 aliphatic rings. The number of halogens is 4. The van der Waals surface area contributed by atoms with Crippen molar-refractivity contribution in [2.45, 2.75) is 0 Å². The number of nitrogens with zero attached hydrogens (tertiary/aromatic N) is 1. The van der Waals surface area contributed by atoms with E-state index in [0.717, 1.165) is 6.07 Å². The number of hydrogen-bond acceptors (Lipinski definition) is 3. The highest BCUT2D eigenvalue weighted by atomic mass is 35.5. The van der Waals surface area contributed by atoms with Crippen LogP contribution in [-0.4, -0.2) is 25.7 Å². The van der Waals surface area contributed by atoms with Crippen molar-refractivity contribution in [3.05, 3.63) is 58.4 Å². The molecule has 2 rings (SSSR count). The predicted octanol–water partition coefficient (Wildman–Crippen LogP) is 3.55. The highest BCUT2D eigenvalue weighted by Crippen LogP contribution is 2.38. The Hall–Kier alpha value is -2.26. The molecular weight excluding hydrogens is 371 g/mol. The van der Waals surface area contributed by atoms with Gasteiger partial charge >= 0.3 is 5.97 Å². The van der Waals surface area contributed by atoms with Gasteiger partial charge in [0.1, 0.15) is 5.69 Å². The summed E-state index contributed by atoms with van der Waals surface area (Å²) in [6.07, 6.45) is 0.642. The molecule has 0 saturated carbocycles. The summed E-state index contributed by atoms with van der Waals surface area (Å²) in [6.45, 7) is 0. The van der Waals surface area contributed by atoms with Crippen LogP contribution in [0.15, 0.2) is 30.3 Å². The minimum atomic E-state index is -4.35. The molecule has 0 unspecified atom stereocenters. The summed E-state index contributed by atoms with van der Waals surface area (Å²) in [7, 11) is -4.35. The van der Waals surface area contributed by atoms with Crippen molar-refractivity contribution in [2.75, 3.05) is 10.6 Å². The van der Waals surface area contributed by atoms with Gasteiger partial charge in [-0.3, -0.25) is 0 Å². The summed E-state index contributed by atoms with van der Waals surface area (Å²) in [5.41, 5.74) is -2.55. The number of aromatic carboxylic acids is 1. The van der Waals surface area contributed by atoms with Gasteiger partial charge in [0.15, 0.2) is 17.5 Å². The standard InChI is InChI=1S/C14H9ClF3NO4S/c1-24(22,23)19(10-5-3-2-4-8(10)15)13-7(14(20)21)6-9(16)11(17)12(13)18/h2-6H,1H3,(H,20,21). The molecule has 24 heavy (non-hydrogen) atoms. The van der Waals surface area contributed by atoms with Gasteiger partial charge in [-0.25, -0.2) is 30.7 Å². The number of carboxylic acids is 1. The summed E-state index contributed by atoms with van der Waals surface area (Å²) < 4.78 is 65.6. The molecule has 0 aliphatic carbocycles. The lowest BCUT2D eigenvalue weighted by Crippen LogP contribution is -2.28. The number of para-hydroxylation sites is 1.